The summed E-state index contributed by atoms with van der Waals surface area (Å²) in [5, 5.41) is 8.85. The van der Waals surface area contributed by atoms with Gasteiger partial charge in [0.15, 0.2) is 0 Å². The summed E-state index contributed by atoms with van der Waals surface area (Å²) >= 11 is 3.42. The van der Waals surface area contributed by atoms with E-state index in [0.29, 0.717) is 13.0 Å². The Labute approximate surface area is 127 Å². The first kappa shape index (κ1) is 14.5. The number of para-hydroxylation sites is 1. The van der Waals surface area contributed by atoms with Gasteiger partial charge in [0.05, 0.1) is 12.5 Å². The Bertz CT molecular complexity index is 607. The van der Waals surface area contributed by atoms with E-state index in [-0.39, 0.29) is 0 Å². The molecule has 0 aliphatic rings. The van der Waals surface area contributed by atoms with Gasteiger partial charge >= 0.3 is 0 Å². The molecular weight excluding hydrogens is 316 g/mol. The summed E-state index contributed by atoms with van der Waals surface area (Å²) in [7, 11) is 0. The van der Waals surface area contributed by atoms with Crippen LogP contribution in [0.2, 0.25) is 0 Å². The summed E-state index contributed by atoms with van der Waals surface area (Å²) in [6.07, 6.45) is 1.21. The predicted molar refractivity (Wildman–Crippen MR) is 82.8 cm³/mol. The molecule has 20 heavy (non-hydrogen) atoms. The smallest absolute Gasteiger partial charge is 0.137 e. The lowest BCUT2D eigenvalue weighted by atomic mass is 10.2. The van der Waals surface area contributed by atoms with Gasteiger partial charge in [-0.25, -0.2) is 9.97 Å². The van der Waals surface area contributed by atoms with Crippen molar-refractivity contribution >= 4 is 27.4 Å². The van der Waals surface area contributed by atoms with Crippen LogP contribution >= 0.6 is 15.9 Å². The standard InChI is InChI=1S/C15H15BrN4/c1-2-14-18-13(16)11-15(19-14)20(10-6-9-17)12-7-4-3-5-8-12/h3-5,7-8,11H,2,6,10H2,1H3. The van der Waals surface area contributed by atoms with E-state index in [1.54, 1.807) is 0 Å². The summed E-state index contributed by atoms with van der Waals surface area (Å²) < 4.78 is 0.761. The van der Waals surface area contributed by atoms with Gasteiger partial charge in [0.2, 0.25) is 0 Å². The zero-order valence-electron chi connectivity index (χ0n) is 11.3. The molecule has 4 nitrogen and oxygen atoms in total. The van der Waals surface area contributed by atoms with Crippen LogP contribution < -0.4 is 4.90 Å². The Hall–Kier alpha value is -1.93. The average Bonchev–Trinajstić information content (AvgIpc) is 2.48. The second-order valence-corrected chi connectivity index (χ2v) is 5.03. The van der Waals surface area contributed by atoms with E-state index in [0.717, 1.165) is 28.4 Å². The van der Waals surface area contributed by atoms with E-state index in [1.165, 1.54) is 0 Å². The average molecular weight is 331 g/mol. The fraction of sp³-hybridized carbons (Fsp3) is 0.267. The second-order valence-electron chi connectivity index (χ2n) is 4.21. The van der Waals surface area contributed by atoms with E-state index in [9.17, 15) is 0 Å². The summed E-state index contributed by atoms with van der Waals surface area (Å²) in [6, 6.07) is 14.0. The number of aromatic nitrogens is 2. The first-order chi connectivity index (χ1) is 9.74. The molecule has 102 valence electrons. The summed E-state index contributed by atoms with van der Waals surface area (Å²) in [4.78, 5) is 10.9. The highest BCUT2D eigenvalue weighted by Crippen LogP contribution is 2.25. The Morgan fingerprint density at radius 2 is 2.00 bits per heavy atom. The fourth-order valence-electron chi connectivity index (χ4n) is 1.89. The van der Waals surface area contributed by atoms with Crippen molar-refractivity contribution in [2.75, 3.05) is 11.4 Å². The fourth-order valence-corrected chi connectivity index (χ4v) is 2.30. The third-order valence-electron chi connectivity index (χ3n) is 2.84. The number of benzene rings is 1. The lowest BCUT2D eigenvalue weighted by molar-refractivity contribution is 0.874. The number of aryl methyl sites for hydroxylation is 1. The number of halogens is 1. The van der Waals surface area contributed by atoms with Gasteiger partial charge in [0.25, 0.3) is 0 Å². The Morgan fingerprint density at radius 1 is 1.25 bits per heavy atom. The Morgan fingerprint density at radius 3 is 2.65 bits per heavy atom. The molecule has 0 radical (unpaired) electrons. The SMILES string of the molecule is CCc1nc(Br)cc(N(CCC#N)c2ccccc2)n1. The van der Waals surface area contributed by atoms with Crippen molar-refractivity contribution in [1.29, 1.82) is 5.26 Å². The molecule has 0 spiro atoms. The first-order valence-electron chi connectivity index (χ1n) is 6.47. The van der Waals surface area contributed by atoms with Crippen LogP contribution in [0, 0.1) is 11.3 Å². The van der Waals surface area contributed by atoms with Gasteiger partial charge in [-0.05, 0) is 28.1 Å². The van der Waals surface area contributed by atoms with Gasteiger partial charge in [-0.3, -0.25) is 0 Å². The number of nitrogens with zero attached hydrogens (tertiary/aromatic N) is 4. The molecule has 0 aliphatic carbocycles. The van der Waals surface area contributed by atoms with Crippen LogP contribution in [0.25, 0.3) is 0 Å². The molecule has 0 fully saturated rings. The van der Waals surface area contributed by atoms with Gasteiger partial charge in [0.1, 0.15) is 16.2 Å². The van der Waals surface area contributed by atoms with Crippen molar-refractivity contribution in [2.24, 2.45) is 0 Å². The highest BCUT2D eigenvalue weighted by atomic mass is 79.9. The van der Waals surface area contributed by atoms with Crippen molar-refractivity contribution in [3.8, 4) is 6.07 Å². The minimum atomic E-state index is 0.442. The quantitative estimate of drug-likeness (QED) is 0.781. The molecule has 0 saturated carbocycles. The van der Waals surface area contributed by atoms with Crippen LogP contribution in [-0.2, 0) is 6.42 Å². The van der Waals surface area contributed by atoms with Crippen molar-refractivity contribution in [3.05, 3.63) is 46.8 Å². The van der Waals surface area contributed by atoms with Crippen LogP contribution in [0.15, 0.2) is 41.0 Å². The van der Waals surface area contributed by atoms with E-state index in [1.807, 2.05) is 48.2 Å². The topological polar surface area (TPSA) is 52.8 Å². The van der Waals surface area contributed by atoms with Crippen molar-refractivity contribution < 1.29 is 0 Å². The number of rotatable bonds is 5. The van der Waals surface area contributed by atoms with Crippen LogP contribution in [0.4, 0.5) is 11.5 Å². The molecule has 0 unspecified atom stereocenters. The predicted octanol–water partition coefficient (Wildman–Crippen LogP) is 3.85. The highest BCUT2D eigenvalue weighted by Gasteiger charge is 2.12. The summed E-state index contributed by atoms with van der Waals surface area (Å²) in [6.45, 7) is 2.63. The lowest BCUT2D eigenvalue weighted by Crippen LogP contribution is -2.20. The molecule has 1 aromatic heterocycles. The van der Waals surface area contributed by atoms with Crippen LogP contribution in [0.5, 0.6) is 0 Å². The van der Waals surface area contributed by atoms with Gasteiger partial charge in [-0.2, -0.15) is 5.26 Å². The van der Waals surface area contributed by atoms with Crippen molar-refractivity contribution in [1.82, 2.24) is 9.97 Å². The molecule has 0 N–H and O–H groups in total. The van der Waals surface area contributed by atoms with Crippen molar-refractivity contribution in [3.63, 3.8) is 0 Å². The van der Waals surface area contributed by atoms with Gasteiger partial charge in [-0.1, -0.05) is 25.1 Å². The van der Waals surface area contributed by atoms with E-state index >= 15 is 0 Å². The molecule has 5 heteroatoms. The molecule has 0 bridgehead atoms. The minimum absolute atomic E-state index is 0.442. The number of hydrogen-bond donors (Lipinski definition) is 0. The van der Waals surface area contributed by atoms with Crippen molar-refractivity contribution in [2.45, 2.75) is 19.8 Å². The second kappa shape index (κ2) is 7.01. The number of nitriles is 1. The first-order valence-corrected chi connectivity index (χ1v) is 7.27. The number of anilines is 2. The van der Waals surface area contributed by atoms with Gasteiger partial charge < -0.3 is 4.90 Å². The Balaban J connectivity index is 2.41. The third kappa shape index (κ3) is 3.55. The maximum absolute atomic E-state index is 8.85. The maximum atomic E-state index is 8.85. The third-order valence-corrected chi connectivity index (χ3v) is 3.24. The summed E-state index contributed by atoms with van der Waals surface area (Å²) in [5.41, 5.74) is 1.02. The highest BCUT2D eigenvalue weighted by molar-refractivity contribution is 9.10. The van der Waals surface area contributed by atoms with Crippen LogP contribution in [0.1, 0.15) is 19.2 Å². The minimum Gasteiger partial charge on any atom is -0.325 e. The van der Waals surface area contributed by atoms with E-state index in [2.05, 4.69) is 32.0 Å². The van der Waals surface area contributed by atoms with E-state index < -0.39 is 0 Å². The summed E-state index contributed by atoms with van der Waals surface area (Å²) in [5.74, 6) is 1.59. The van der Waals surface area contributed by atoms with Crippen LogP contribution in [-0.4, -0.2) is 16.5 Å². The van der Waals surface area contributed by atoms with E-state index in [4.69, 9.17) is 5.26 Å². The number of hydrogen-bond acceptors (Lipinski definition) is 4. The molecule has 0 atom stereocenters. The van der Waals surface area contributed by atoms with Gasteiger partial charge in [0, 0.05) is 24.7 Å². The largest absolute Gasteiger partial charge is 0.325 e. The molecule has 2 rings (SSSR count). The normalized spacial score (nSPS) is 10.1. The Kier molecular flexibility index (Phi) is 5.08. The maximum Gasteiger partial charge on any atom is 0.137 e. The molecule has 1 aromatic carbocycles. The molecule has 0 amide bonds. The molecule has 0 aliphatic heterocycles. The monoisotopic (exact) mass is 330 g/mol. The lowest BCUT2D eigenvalue weighted by Gasteiger charge is -2.23. The zero-order valence-corrected chi connectivity index (χ0v) is 12.8. The zero-order chi connectivity index (χ0) is 14.4. The molecular formula is C15H15BrN4. The van der Waals surface area contributed by atoms with Gasteiger partial charge in [-0.15, -0.1) is 0 Å². The molecule has 0 saturated heterocycles. The molecule has 2 aromatic rings. The van der Waals surface area contributed by atoms with Crippen LogP contribution in [0.3, 0.4) is 0 Å². The molecule has 1 heterocycles.